The summed E-state index contributed by atoms with van der Waals surface area (Å²) >= 11 is 0. The highest BCUT2D eigenvalue weighted by molar-refractivity contribution is 5.94. The highest BCUT2D eigenvalue weighted by Gasteiger charge is 2.49. The summed E-state index contributed by atoms with van der Waals surface area (Å²) in [5.41, 5.74) is -0.578. The Morgan fingerprint density at radius 2 is 0.952 bits per heavy atom. The van der Waals surface area contributed by atoms with Gasteiger partial charge in [0.2, 0.25) is 0 Å². The van der Waals surface area contributed by atoms with Gasteiger partial charge in [0.15, 0.2) is 0 Å². The van der Waals surface area contributed by atoms with Crippen LogP contribution in [-0.4, -0.2) is 11.6 Å². The Morgan fingerprint density at radius 3 is 1.14 bits per heavy atom. The average Bonchev–Trinajstić information content (AvgIpc) is 2.68. The summed E-state index contributed by atoms with van der Waals surface area (Å²) in [7, 11) is 0. The molecule has 0 amide bonds. The SMILES string of the molecule is CC(C)(C)C(=O)C1CC(C(C)(C)C)CC1C(=O)C(C)(C)C. The normalized spacial score (nSPS) is 27.8. The maximum Gasteiger partial charge on any atom is 0.141 e. The third-order valence-corrected chi connectivity index (χ3v) is 4.94. The summed E-state index contributed by atoms with van der Waals surface area (Å²) in [4.78, 5) is 25.7. The quantitative estimate of drug-likeness (QED) is 0.725. The molecule has 2 nitrogen and oxygen atoms in total. The zero-order valence-electron chi connectivity index (χ0n) is 15.5. The van der Waals surface area contributed by atoms with E-state index in [0.29, 0.717) is 5.92 Å². The largest absolute Gasteiger partial charge is 0.299 e. The first-order valence-corrected chi connectivity index (χ1v) is 8.24. The molecule has 1 rings (SSSR count). The Balaban J connectivity index is 3.12. The van der Waals surface area contributed by atoms with Gasteiger partial charge < -0.3 is 0 Å². The van der Waals surface area contributed by atoms with Crippen molar-refractivity contribution in [1.82, 2.24) is 0 Å². The first-order valence-electron chi connectivity index (χ1n) is 8.24. The lowest BCUT2D eigenvalue weighted by molar-refractivity contribution is -0.139. The average molecular weight is 294 g/mol. The molecule has 2 heteroatoms. The smallest absolute Gasteiger partial charge is 0.141 e. The van der Waals surface area contributed by atoms with Gasteiger partial charge in [0.05, 0.1) is 0 Å². The van der Waals surface area contributed by atoms with E-state index in [1.807, 2.05) is 41.5 Å². The van der Waals surface area contributed by atoms with Gasteiger partial charge >= 0.3 is 0 Å². The van der Waals surface area contributed by atoms with Crippen LogP contribution in [0.3, 0.4) is 0 Å². The van der Waals surface area contributed by atoms with E-state index in [0.717, 1.165) is 12.8 Å². The van der Waals surface area contributed by atoms with E-state index in [4.69, 9.17) is 0 Å². The molecule has 2 unspecified atom stereocenters. The van der Waals surface area contributed by atoms with Gasteiger partial charge in [0.25, 0.3) is 0 Å². The highest BCUT2D eigenvalue weighted by Crippen LogP contribution is 2.49. The van der Waals surface area contributed by atoms with Crippen molar-refractivity contribution in [2.75, 3.05) is 0 Å². The van der Waals surface area contributed by atoms with Crippen molar-refractivity contribution in [2.45, 2.75) is 75.2 Å². The second kappa shape index (κ2) is 5.52. The van der Waals surface area contributed by atoms with E-state index in [-0.39, 0.29) is 39.6 Å². The summed E-state index contributed by atoms with van der Waals surface area (Å²) in [6.07, 6.45) is 1.73. The standard InChI is InChI=1S/C19H34O2/c1-17(2,3)12-10-13(15(20)18(4,5)6)14(11-12)16(21)19(7,8)9/h12-14H,10-11H2,1-9H3. The first-order chi connectivity index (χ1) is 9.15. The lowest BCUT2D eigenvalue weighted by Gasteiger charge is -2.29. The van der Waals surface area contributed by atoms with Crippen LogP contribution in [0.15, 0.2) is 0 Å². The Morgan fingerprint density at radius 1 is 0.667 bits per heavy atom. The molecule has 1 saturated carbocycles. The van der Waals surface area contributed by atoms with Gasteiger partial charge in [-0.05, 0) is 24.2 Å². The van der Waals surface area contributed by atoms with E-state index < -0.39 is 0 Å². The molecule has 0 spiro atoms. The van der Waals surface area contributed by atoms with Crippen LogP contribution in [0, 0.1) is 34.0 Å². The molecule has 21 heavy (non-hydrogen) atoms. The van der Waals surface area contributed by atoms with Gasteiger partial charge in [-0.25, -0.2) is 0 Å². The summed E-state index contributed by atoms with van der Waals surface area (Å²) in [6.45, 7) is 18.5. The summed E-state index contributed by atoms with van der Waals surface area (Å²) < 4.78 is 0. The van der Waals surface area contributed by atoms with Crippen LogP contribution in [0.25, 0.3) is 0 Å². The second-order valence-corrected chi connectivity index (χ2v) is 9.98. The van der Waals surface area contributed by atoms with Gasteiger partial charge in [-0.3, -0.25) is 9.59 Å². The molecule has 1 aliphatic rings. The molecule has 0 N–H and O–H groups in total. The summed E-state index contributed by atoms with van der Waals surface area (Å²) in [5, 5.41) is 0. The molecule has 2 atom stereocenters. The zero-order chi connectivity index (χ0) is 16.8. The van der Waals surface area contributed by atoms with Crippen LogP contribution in [0.2, 0.25) is 0 Å². The number of ketones is 2. The maximum atomic E-state index is 12.8. The fourth-order valence-corrected chi connectivity index (χ4v) is 3.44. The second-order valence-electron chi connectivity index (χ2n) is 9.98. The molecule has 0 aromatic carbocycles. The first kappa shape index (κ1) is 18.4. The maximum absolute atomic E-state index is 12.8. The fourth-order valence-electron chi connectivity index (χ4n) is 3.44. The summed E-state index contributed by atoms with van der Waals surface area (Å²) in [6, 6.07) is 0. The Labute approximate surface area is 131 Å². The van der Waals surface area contributed by atoms with Crippen LogP contribution in [0.4, 0.5) is 0 Å². The number of hydrogen-bond donors (Lipinski definition) is 0. The van der Waals surface area contributed by atoms with Gasteiger partial charge in [-0.1, -0.05) is 62.3 Å². The molecule has 0 aromatic rings. The minimum Gasteiger partial charge on any atom is -0.299 e. The van der Waals surface area contributed by atoms with Gasteiger partial charge in [-0.2, -0.15) is 0 Å². The third-order valence-electron chi connectivity index (χ3n) is 4.94. The molecule has 0 aromatic heterocycles. The van der Waals surface area contributed by atoms with Crippen LogP contribution in [0.1, 0.15) is 75.2 Å². The molecule has 0 saturated heterocycles. The van der Waals surface area contributed by atoms with E-state index in [1.54, 1.807) is 0 Å². The van der Waals surface area contributed by atoms with E-state index in [1.165, 1.54) is 0 Å². The minimum absolute atomic E-state index is 0.0963. The molecule has 0 bridgehead atoms. The monoisotopic (exact) mass is 294 g/mol. The van der Waals surface area contributed by atoms with Crippen molar-refractivity contribution in [1.29, 1.82) is 0 Å². The predicted molar refractivity (Wildman–Crippen MR) is 88.1 cm³/mol. The minimum atomic E-state index is -0.367. The lowest BCUT2D eigenvalue weighted by atomic mass is 9.73. The number of Topliss-reactive ketones (excluding diaryl/α,β-unsaturated/α-hetero) is 2. The number of carbonyl (C=O) groups is 2. The fraction of sp³-hybridized carbons (Fsp3) is 0.895. The van der Waals surface area contributed by atoms with Crippen molar-refractivity contribution in [3.63, 3.8) is 0 Å². The Hall–Kier alpha value is -0.660. The number of carbonyl (C=O) groups excluding carboxylic acids is 2. The molecule has 0 radical (unpaired) electrons. The topological polar surface area (TPSA) is 34.1 Å². The van der Waals surface area contributed by atoms with Gasteiger partial charge in [-0.15, -0.1) is 0 Å². The van der Waals surface area contributed by atoms with Crippen LogP contribution < -0.4 is 0 Å². The molecular formula is C19H34O2. The van der Waals surface area contributed by atoms with Crippen LogP contribution in [0.5, 0.6) is 0 Å². The number of hydrogen-bond acceptors (Lipinski definition) is 2. The van der Waals surface area contributed by atoms with Crippen molar-refractivity contribution < 1.29 is 9.59 Å². The van der Waals surface area contributed by atoms with Crippen molar-refractivity contribution >= 4 is 11.6 Å². The highest BCUT2D eigenvalue weighted by atomic mass is 16.1. The third kappa shape index (κ3) is 4.17. The lowest BCUT2D eigenvalue weighted by Crippen LogP contribution is -2.37. The molecule has 1 fully saturated rings. The molecule has 1 aliphatic carbocycles. The van der Waals surface area contributed by atoms with Gasteiger partial charge in [0, 0.05) is 22.7 Å². The van der Waals surface area contributed by atoms with E-state index in [2.05, 4.69) is 20.8 Å². The zero-order valence-corrected chi connectivity index (χ0v) is 15.5. The van der Waals surface area contributed by atoms with Crippen molar-refractivity contribution in [3.05, 3.63) is 0 Å². The number of rotatable bonds is 2. The Bertz CT molecular complexity index is 378. The molecule has 0 aliphatic heterocycles. The van der Waals surface area contributed by atoms with E-state index in [9.17, 15) is 9.59 Å². The predicted octanol–water partition coefficient (Wildman–Crippen LogP) is 4.91. The van der Waals surface area contributed by atoms with E-state index >= 15 is 0 Å². The van der Waals surface area contributed by atoms with Crippen LogP contribution >= 0.6 is 0 Å². The summed E-state index contributed by atoms with van der Waals surface area (Å²) in [5.74, 6) is 0.778. The molecular weight excluding hydrogens is 260 g/mol. The van der Waals surface area contributed by atoms with Crippen molar-refractivity contribution in [2.24, 2.45) is 34.0 Å². The van der Waals surface area contributed by atoms with Crippen molar-refractivity contribution in [3.8, 4) is 0 Å². The molecule has 0 heterocycles. The molecule has 122 valence electrons. The van der Waals surface area contributed by atoms with Gasteiger partial charge in [0.1, 0.15) is 11.6 Å². The van der Waals surface area contributed by atoms with Crippen LogP contribution in [-0.2, 0) is 9.59 Å². The Kier molecular flexibility index (Phi) is 4.83.